The minimum Gasteiger partial charge on any atom is -0.467 e. The number of halogens is 2. The molecule has 31 heavy (non-hydrogen) atoms. The van der Waals surface area contributed by atoms with E-state index in [2.05, 4.69) is 31.9 Å². The zero-order valence-electron chi connectivity index (χ0n) is 18.1. The Morgan fingerprint density at radius 2 is 1.61 bits per heavy atom. The van der Waals surface area contributed by atoms with Gasteiger partial charge in [0, 0.05) is 20.1 Å². The highest BCUT2D eigenvalue weighted by Crippen LogP contribution is 2.48. The molecule has 166 valence electrons. The molecule has 0 saturated carbocycles. The Balaban J connectivity index is 2.34. The van der Waals surface area contributed by atoms with Crippen molar-refractivity contribution in [2.45, 2.75) is 52.5 Å². The molecule has 1 atom stereocenters. The third-order valence-electron chi connectivity index (χ3n) is 5.08. The first-order chi connectivity index (χ1) is 14.4. The van der Waals surface area contributed by atoms with Gasteiger partial charge >= 0.3 is 12.1 Å². The molecular formula is C23H25Br2NO5. The highest BCUT2D eigenvalue weighted by Gasteiger charge is 2.38. The number of nitrogens with zero attached hydrogens (tertiary/aromatic N) is 1. The van der Waals surface area contributed by atoms with Crippen LogP contribution in [-0.2, 0) is 27.4 Å². The molecule has 0 bridgehead atoms. The van der Waals surface area contributed by atoms with E-state index >= 15 is 0 Å². The normalized spacial score (nSPS) is 14.4. The largest absolute Gasteiger partial charge is 0.467 e. The molecule has 0 saturated heterocycles. The van der Waals surface area contributed by atoms with Gasteiger partial charge in [0.1, 0.15) is 0 Å². The maximum atomic E-state index is 12.9. The molecule has 1 aliphatic rings. The average molecular weight is 555 g/mol. The molecule has 0 spiro atoms. The first-order valence-corrected chi connectivity index (χ1v) is 11.4. The van der Waals surface area contributed by atoms with Gasteiger partial charge in [0.05, 0.1) is 25.8 Å². The summed E-state index contributed by atoms with van der Waals surface area (Å²) in [5, 5.41) is 9.54. The van der Waals surface area contributed by atoms with Crippen molar-refractivity contribution >= 4 is 43.9 Å². The van der Waals surface area contributed by atoms with Crippen LogP contribution in [0.4, 0.5) is 4.79 Å². The summed E-state index contributed by atoms with van der Waals surface area (Å²) in [5.74, 6) is -0.524. The molecule has 0 radical (unpaired) electrons. The van der Waals surface area contributed by atoms with Crippen molar-refractivity contribution in [2.24, 2.45) is 0 Å². The Kier molecular flexibility index (Phi) is 6.84. The van der Waals surface area contributed by atoms with Gasteiger partial charge < -0.3 is 14.6 Å². The van der Waals surface area contributed by atoms with Crippen molar-refractivity contribution in [3.05, 3.63) is 55.5 Å². The van der Waals surface area contributed by atoms with Crippen molar-refractivity contribution in [1.29, 1.82) is 0 Å². The number of esters is 1. The van der Waals surface area contributed by atoms with E-state index in [1.54, 1.807) is 0 Å². The Labute approximate surface area is 198 Å². The summed E-state index contributed by atoms with van der Waals surface area (Å²) in [6, 6.07) is 7.95. The summed E-state index contributed by atoms with van der Waals surface area (Å²) < 4.78 is 12.7. The first kappa shape index (κ1) is 23.8. The van der Waals surface area contributed by atoms with Crippen molar-refractivity contribution in [1.82, 2.24) is 4.90 Å². The van der Waals surface area contributed by atoms with Crippen molar-refractivity contribution in [3.8, 4) is 11.1 Å². The molecule has 8 heteroatoms. The minimum atomic E-state index is -1.00. The average Bonchev–Trinajstić information content (AvgIpc) is 3.15. The lowest BCUT2D eigenvalue weighted by atomic mass is 9.91. The zero-order chi connectivity index (χ0) is 23.1. The number of rotatable bonds is 4. The van der Waals surface area contributed by atoms with Gasteiger partial charge in [-0.2, -0.15) is 0 Å². The predicted octanol–water partition coefficient (Wildman–Crippen LogP) is 6.21. The monoisotopic (exact) mass is 553 g/mol. The van der Waals surface area contributed by atoms with Gasteiger partial charge in [0.25, 0.3) is 0 Å². The Bertz CT molecular complexity index is 1030. The number of amides is 1. The first-order valence-electron chi connectivity index (χ1n) is 9.77. The number of aryl methyl sites for hydroxylation is 1. The summed E-state index contributed by atoms with van der Waals surface area (Å²) in [4.78, 5) is 25.9. The third-order valence-corrected chi connectivity index (χ3v) is 6.86. The fourth-order valence-electron chi connectivity index (χ4n) is 3.64. The number of carbonyl (C=O) groups excluding carboxylic acids is 1. The van der Waals surface area contributed by atoms with Crippen molar-refractivity contribution in [3.63, 3.8) is 0 Å². The van der Waals surface area contributed by atoms with E-state index in [1.165, 1.54) is 12.0 Å². The predicted molar refractivity (Wildman–Crippen MR) is 125 cm³/mol. The highest BCUT2D eigenvalue weighted by atomic mass is 79.9. The van der Waals surface area contributed by atoms with E-state index in [4.69, 9.17) is 9.47 Å². The van der Waals surface area contributed by atoms with Gasteiger partial charge in [0.2, 0.25) is 0 Å². The Morgan fingerprint density at radius 3 is 2.10 bits per heavy atom. The summed E-state index contributed by atoms with van der Waals surface area (Å²) in [7, 11) is 1.33. The van der Waals surface area contributed by atoms with Gasteiger partial charge in [-0.05, 0) is 60.3 Å². The maximum Gasteiger partial charge on any atom is 0.407 e. The smallest absolute Gasteiger partial charge is 0.407 e. The lowest BCUT2D eigenvalue weighted by molar-refractivity contribution is -0.164. The molecule has 1 amide bonds. The molecule has 2 aromatic carbocycles. The van der Waals surface area contributed by atoms with Crippen LogP contribution in [0.5, 0.6) is 0 Å². The fraction of sp³-hybridized carbons (Fsp3) is 0.391. The second kappa shape index (κ2) is 8.92. The summed E-state index contributed by atoms with van der Waals surface area (Å²) >= 11 is 7.40. The summed E-state index contributed by atoms with van der Waals surface area (Å²) in [5.41, 5.74) is 4.44. The molecule has 1 aliphatic heterocycles. The van der Waals surface area contributed by atoms with Crippen LogP contribution in [0.15, 0.2) is 33.2 Å². The molecule has 1 unspecified atom stereocenters. The SMILES string of the molecule is COC(=O)C(OC(C)(C)C)c1c(Br)c2c(c(Br)c1-c1ccc(C)cc1)CN(C(=O)O)C2. The highest BCUT2D eigenvalue weighted by molar-refractivity contribution is 9.11. The van der Waals surface area contributed by atoms with E-state index in [0.29, 0.717) is 10.0 Å². The van der Waals surface area contributed by atoms with E-state index in [-0.39, 0.29) is 13.1 Å². The van der Waals surface area contributed by atoms with Crippen LogP contribution in [0.1, 0.15) is 49.1 Å². The molecule has 1 N–H and O–H groups in total. The van der Waals surface area contributed by atoms with Crippen molar-refractivity contribution in [2.75, 3.05) is 7.11 Å². The van der Waals surface area contributed by atoms with E-state index in [9.17, 15) is 14.7 Å². The minimum absolute atomic E-state index is 0.217. The van der Waals surface area contributed by atoms with Crippen LogP contribution in [0, 0.1) is 6.92 Å². The second-order valence-corrected chi connectivity index (χ2v) is 10.1. The molecule has 1 heterocycles. The van der Waals surface area contributed by atoms with Crippen LogP contribution in [-0.4, -0.2) is 34.8 Å². The number of methoxy groups -OCH3 is 1. The number of ether oxygens (including phenoxy) is 2. The van der Waals surface area contributed by atoms with Crippen LogP contribution >= 0.6 is 31.9 Å². The lowest BCUT2D eigenvalue weighted by Crippen LogP contribution is -2.29. The van der Waals surface area contributed by atoms with Crippen molar-refractivity contribution < 1.29 is 24.2 Å². The lowest BCUT2D eigenvalue weighted by Gasteiger charge is -2.29. The quantitative estimate of drug-likeness (QED) is 0.455. The standard InChI is InChI=1S/C23H25Br2NO5/c1-12-6-8-13(9-7-12)16-17(20(21(27)30-5)31-23(2,3)4)19(25)15-11-26(22(28)29)10-14(15)18(16)24/h6-9,20H,10-11H2,1-5H3,(H,28,29). The van der Waals surface area contributed by atoms with E-state index in [1.807, 2.05) is 52.0 Å². The van der Waals surface area contributed by atoms with Crippen LogP contribution < -0.4 is 0 Å². The fourth-order valence-corrected chi connectivity index (χ4v) is 5.22. The number of benzene rings is 2. The molecular weight excluding hydrogens is 530 g/mol. The topological polar surface area (TPSA) is 76.1 Å². The number of carboxylic acid groups (broad SMARTS) is 1. The molecule has 0 fully saturated rings. The van der Waals surface area contributed by atoms with Crippen LogP contribution in [0.3, 0.4) is 0 Å². The molecule has 0 aliphatic carbocycles. The number of hydrogen-bond donors (Lipinski definition) is 1. The zero-order valence-corrected chi connectivity index (χ0v) is 21.3. The van der Waals surface area contributed by atoms with Crippen LogP contribution in [0.2, 0.25) is 0 Å². The maximum absolute atomic E-state index is 12.9. The van der Waals surface area contributed by atoms with Gasteiger partial charge in [-0.3, -0.25) is 4.90 Å². The molecule has 2 aromatic rings. The Morgan fingerprint density at radius 1 is 1.06 bits per heavy atom. The van der Waals surface area contributed by atoms with E-state index < -0.39 is 23.8 Å². The summed E-state index contributed by atoms with van der Waals surface area (Å²) in [6.07, 6.45) is -2.00. The number of fused-ring (bicyclic) bond motifs is 1. The van der Waals surface area contributed by atoms with Gasteiger partial charge in [-0.25, -0.2) is 9.59 Å². The van der Waals surface area contributed by atoms with Gasteiger partial charge in [0.15, 0.2) is 6.10 Å². The van der Waals surface area contributed by atoms with Gasteiger partial charge in [-0.1, -0.05) is 45.8 Å². The Hall–Kier alpha value is -1.90. The third kappa shape index (κ3) is 4.81. The number of carbonyl (C=O) groups is 2. The van der Waals surface area contributed by atoms with E-state index in [0.717, 1.165) is 32.3 Å². The van der Waals surface area contributed by atoms with Gasteiger partial charge in [-0.15, -0.1) is 0 Å². The van der Waals surface area contributed by atoms with Crippen LogP contribution in [0.25, 0.3) is 11.1 Å². The molecule has 0 aromatic heterocycles. The molecule has 3 rings (SSSR count). The molecule has 6 nitrogen and oxygen atoms in total. The number of hydrogen-bond acceptors (Lipinski definition) is 4. The second-order valence-electron chi connectivity index (χ2n) is 8.51. The summed E-state index contributed by atoms with van der Waals surface area (Å²) in [6.45, 7) is 8.09.